The van der Waals surface area contributed by atoms with Crippen LogP contribution in [0, 0.1) is 5.41 Å². The largest absolute Gasteiger partial charge is 0.480 e. The van der Waals surface area contributed by atoms with Gasteiger partial charge in [-0.05, 0) is 12.3 Å². The lowest BCUT2D eigenvalue weighted by Gasteiger charge is -2.36. The Hall–Kier alpha value is -1.10. The van der Waals surface area contributed by atoms with Crippen molar-refractivity contribution in [3.05, 3.63) is 0 Å². The van der Waals surface area contributed by atoms with E-state index in [1.54, 1.807) is 0 Å². The van der Waals surface area contributed by atoms with Crippen LogP contribution in [-0.2, 0) is 14.4 Å². The molecule has 1 aliphatic heterocycles. The summed E-state index contributed by atoms with van der Waals surface area (Å²) in [5.41, 5.74) is -0.838. The molecule has 0 saturated carbocycles. The van der Waals surface area contributed by atoms with E-state index in [1.165, 1.54) is 0 Å². The van der Waals surface area contributed by atoms with E-state index in [1.807, 2.05) is 27.7 Å². The molecule has 0 spiro atoms. The Balaban J connectivity index is 2.79. The van der Waals surface area contributed by atoms with Crippen LogP contribution in [0.2, 0.25) is 0 Å². The summed E-state index contributed by atoms with van der Waals surface area (Å²) in [4.78, 5) is 27.4. The highest BCUT2D eigenvalue weighted by molar-refractivity contribution is 5.82. The molecule has 1 fully saturated rings. The number of amides is 1. The van der Waals surface area contributed by atoms with Crippen LogP contribution in [0.1, 0.15) is 34.1 Å². The first kappa shape index (κ1) is 12.0. The zero-order valence-corrected chi connectivity index (χ0v) is 9.53. The van der Waals surface area contributed by atoms with E-state index in [2.05, 4.69) is 0 Å². The molecule has 0 bridgehead atoms. The zero-order chi connectivity index (χ0) is 11.9. The summed E-state index contributed by atoms with van der Waals surface area (Å²) in [6.07, 6.45) is 0.226. The van der Waals surface area contributed by atoms with Gasteiger partial charge in [0.05, 0.1) is 6.42 Å². The van der Waals surface area contributed by atoms with Crippen molar-refractivity contribution < 1.29 is 19.5 Å². The summed E-state index contributed by atoms with van der Waals surface area (Å²) >= 11 is 0. The molecule has 0 aliphatic carbocycles. The summed E-state index contributed by atoms with van der Waals surface area (Å²) in [6.45, 7) is 7.32. The van der Waals surface area contributed by atoms with Crippen LogP contribution in [0.3, 0.4) is 0 Å². The van der Waals surface area contributed by atoms with Gasteiger partial charge in [-0.15, -0.1) is 0 Å². The summed E-state index contributed by atoms with van der Waals surface area (Å²) in [5.74, 6) is -1.34. The van der Waals surface area contributed by atoms with E-state index in [0.717, 1.165) is 5.06 Å². The smallest absolute Gasteiger partial charge is 0.325 e. The molecule has 1 N–H and O–H groups in total. The number of hydrogen-bond acceptors (Lipinski definition) is 3. The van der Waals surface area contributed by atoms with Crippen LogP contribution in [0.15, 0.2) is 0 Å². The summed E-state index contributed by atoms with van der Waals surface area (Å²) in [7, 11) is 0. The SMILES string of the molecule is CC(C)(C)C1(C)CC(=O)N(CC(=O)O)O1. The minimum atomic E-state index is -1.07. The van der Waals surface area contributed by atoms with Crippen molar-refractivity contribution >= 4 is 11.9 Å². The summed E-state index contributed by atoms with van der Waals surface area (Å²) < 4.78 is 0. The number of hydrogen-bond donors (Lipinski definition) is 1. The van der Waals surface area contributed by atoms with Crippen LogP contribution < -0.4 is 0 Å². The first-order chi connectivity index (χ1) is 6.66. The molecule has 1 atom stereocenters. The highest BCUT2D eigenvalue weighted by Crippen LogP contribution is 2.41. The van der Waals surface area contributed by atoms with E-state index in [-0.39, 0.29) is 17.7 Å². The average Bonchev–Trinajstić information content (AvgIpc) is 2.25. The Bertz CT molecular complexity index is 294. The minimum absolute atomic E-state index is 0.212. The Labute approximate surface area is 89.0 Å². The van der Waals surface area contributed by atoms with E-state index in [0.29, 0.717) is 0 Å². The lowest BCUT2D eigenvalue weighted by Crippen LogP contribution is -2.41. The second-order valence-corrected chi connectivity index (χ2v) is 5.07. The lowest BCUT2D eigenvalue weighted by atomic mass is 9.76. The summed E-state index contributed by atoms with van der Waals surface area (Å²) in [5, 5.41) is 9.53. The number of hydroxylamine groups is 2. The maximum atomic E-state index is 11.5. The highest BCUT2D eigenvalue weighted by Gasteiger charge is 2.49. The van der Waals surface area contributed by atoms with E-state index in [4.69, 9.17) is 9.94 Å². The molecule has 0 aromatic rings. The monoisotopic (exact) mass is 215 g/mol. The Morgan fingerprint density at radius 1 is 1.60 bits per heavy atom. The second kappa shape index (κ2) is 3.48. The van der Waals surface area contributed by atoms with Crippen molar-refractivity contribution in [3.8, 4) is 0 Å². The van der Waals surface area contributed by atoms with Crippen molar-refractivity contribution in [2.75, 3.05) is 6.54 Å². The van der Waals surface area contributed by atoms with Gasteiger partial charge in [0.15, 0.2) is 0 Å². The zero-order valence-electron chi connectivity index (χ0n) is 9.53. The van der Waals surface area contributed by atoms with Crippen LogP contribution in [0.25, 0.3) is 0 Å². The minimum Gasteiger partial charge on any atom is -0.480 e. The predicted molar refractivity (Wildman–Crippen MR) is 52.9 cm³/mol. The molecule has 1 amide bonds. The first-order valence-electron chi connectivity index (χ1n) is 4.87. The fraction of sp³-hybridized carbons (Fsp3) is 0.800. The van der Waals surface area contributed by atoms with Crippen molar-refractivity contribution in [2.45, 2.75) is 39.7 Å². The Kier molecular flexibility index (Phi) is 2.78. The Morgan fingerprint density at radius 2 is 2.13 bits per heavy atom. The first-order valence-corrected chi connectivity index (χ1v) is 4.87. The van der Waals surface area contributed by atoms with E-state index >= 15 is 0 Å². The molecule has 1 rings (SSSR count). The molecule has 5 nitrogen and oxygen atoms in total. The molecular weight excluding hydrogens is 198 g/mol. The normalized spacial score (nSPS) is 27.2. The van der Waals surface area contributed by atoms with Crippen LogP contribution >= 0.6 is 0 Å². The van der Waals surface area contributed by atoms with E-state index < -0.39 is 18.1 Å². The fourth-order valence-electron chi connectivity index (χ4n) is 1.35. The third-order valence-electron chi connectivity index (χ3n) is 2.94. The number of carboxylic acids is 1. The van der Waals surface area contributed by atoms with Gasteiger partial charge in [0.2, 0.25) is 5.91 Å². The number of carbonyl (C=O) groups excluding carboxylic acids is 1. The van der Waals surface area contributed by atoms with Crippen molar-refractivity contribution in [1.29, 1.82) is 0 Å². The Morgan fingerprint density at radius 3 is 2.47 bits per heavy atom. The topological polar surface area (TPSA) is 66.8 Å². The van der Waals surface area contributed by atoms with Crippen LogP contribution in [0.4, 0.5) is 0 Å². The van der Waals surface area contributed by atoms with Gasteiger partial charge in [-0.25, -0.2) is 5.06 Å². The number of rotatable bonds is 2. The van der Waals surface area contributed by atoms with Gasteiger partial charge in [0.25, 0.3) is 0 Å². The molecule has 86 valence electrons. The molecule has 15 heavy (non-hydrogen) atoms. The molecule has 0 aromatic carbocycles. The molecule has 1 unspecified atom stereocenters. The van der Waals surface area contributed by atoms with E-state index in [9.17, 15) is 9.59 Å². The molecule has 1 saturated heterocycles. The van der Waals surface area contributed by atoms with Crippen LogP contribution in [-0.4, -0.2) is 34.2 Å². The van der Waals surface area contributed by atoms with Gasteiger partial charge in [-0.3, -0.25) is 14.4 Å². The molecule has 0 radical (unpaired) electrons. The van der Waals surface area contributed by atoms with Gasteiger partial charge in [0, 0.05) is 0 Å². The number of nitrogens with zero attached hydrogens (tertiary/aromatic N) is 1. The third-order valence-corrected chi connectivity index (χ3v) is 2.94. The average molecular weight is 215 g/mol. The van der Waals surface area contributed by atoms with Crippen molar-refractivity contribution in [1.82, 2.24) is 5.06 Å². The van der Waals surface area contributed by atoms with Gasteiger partial charge in [-0.1, -0.05) is 20.8 Å². The number of carbonyl (C=O) groups is 2. The maximum Gasteiger partial charge on any atom is 0.325 e. The van der Waals surface area contributed by atoms with Gasteiger partial charge < -0.3 is 5.11 Å². The van der Waals surface area contributed by atoms with Crippen LogP contribution in [0.5, 0.6) is 0 Å². The number of aliphatic carboxylic acids is 1. The fourth-order valence-corrected chi connectivity index (χ4v) is 1.35. The van der Waals surface area contributed by atoms with Gasteiger partial charge in [-0.2, -0.15) is 0 Å². The van der Waals surface area contributed by atoms with Crippen molar-refractivity contribution in [3.63, 3.8) is 0 Å². The van der Waals surface area contributed by atoms with Gasteiger partial charge in [0.1, 0.15) is 12.1 Å². The predicted octanol–water partition coefficient (Wildman–Crippen LogP) is 1.04. The molecule has 0 aromatic heterocycles. The molecule has 5 heteroatoms. The van der Waals surface area contributed by atoms with Gasteiger partial charge >= 0.3 is 5.97 Å². The summed E-state index contributed by atoms with van der Waals surface area (Å²) in [6, 6.07) is 0. The highest BCUT2D eigenvalue weighted by atomic mass is 16.7. The second-order valence-electron chi connectivity index (χ2n) is 5.07. The standard InChI is InChI=1S/C10H17NO4/c1-9(2,3)10(4)5-7(12)11(15-10)6-8(13)14/h5-6H2,1-4H3,(H,13,14). The number of carboxylic acid groups (broad SMARTS) is 1. The molecular formula is C10H17NO4. The lowest BCUT2D eigenvalue weighted by molar-refractivity contribution is -0.222. The maximum absolute atomic E-state index is 11.5. The third kappa shape index (κ3) is 2.28. The quantitative estimate of drug-likeness (QED) is 0.747. The molecule has 1 heterocycles. The molecule has 1 aliphatic rings. The van der Waals surface area contributed by atoms with Crippen molar-refractivity contribution in [2.24, 2.45) is 5.41 Å².